The van der Waals surface area contributed by atoms with Crippen LogP contribution >= 0.6 is 0 Å². The van der Waals surface area contributed by atoms with E-state index in [9.17, 15) is 8.42 Å². The lowest BCUT2D eigenvalue weighted by Gasteiger charge is -2.13. The van der Waals surface area contributed by atoms with Gasteiger partial charge in [0, 0.05) is 24.6 Å². The Morgan fingerprint density at radius 3 is 2.17 bits per heavy atom. The molecule has 0 unspecified atom stereocenters. The monoisotopic (exact) mass is 342 g/mol. The molecule has 1 aromatic heterocycles. The zero-order chi connectivity index (χ0) is 17.0. The number of nitrogens with zero attached hydrogens (tertiary/aromatic N) is 1. The number of benzene rings is 1. The predicted molar refractivity (Wildman–Crippen MR) is 83.3 cm³/mol. The van der Waals surface area contributed by atoms with E-state index < -0.39 is 10.0 Å². The topological polar surface area (TPSA) is 114 Å². The summed E-state index contributed by atoms with van der Waals surface area (Å²) in [6.07, 6.45) is 0.132. The molecular weight excluding hydrogens is 324 g/mol. The Morgan fingerprint density at radius 2 is 1.70 bits per heavy atom. The van der Waals surface area contributed by atoms with E-state index in [1.54, 1.807) is 18.2 Å². The largest absolute Gasteiger partial charge is 0.496 e. The molecule has 0 saturated heterocycles. The summed E-state index contributed by atoms with van der Waals surface area (Å²) in [4.78, 5) is 0. The highest BCUT2D eigenvalue weighted by Gasteiger charge is 2.19. The van der Waals surface area contributed by atoms with Crippen LogP contribution in [0.4, 0.5) is 0 Å². The van der Waals surface area contributed by atoms with Gasteiger partial charge in [-0.05, 0) is 0 Å². The predicted octanol–water partition coefficient (Wildman–Crippen LogP) is 1.20. The minimum Gasteiger partial charge on any atom is -0.496 e. The Hall–Kier alpha value is -2.26. The second kappa shape index (κ2) is 6.88. The van der Waals surface area contributed by atoms with Crippen molar-refractivity contribution in [3.63, 3.8) is 0 Å². The lowest BCUT2D eigenvalue weighted by Crippen LogP contribution is -2.17. The maximum Gasteiger partial charge on any atom is 0.209 e. The molecule has 0 aliphatic carbocycles. The molecule has 2 aromatic rings. The van der Waals surface area contributed by atoms with Crippen molar-refractivity contribution < 1.29 is 27.2 Å². The number of rotatable bonds is 7. The van der Waals surface area contributed by atoms with Crippen LogP contribution in [0, 0.1) is 0 Å². The number of hydrogen-bond donors (Lipinski definition) is 1. The normalized spacial score (nSPS) is 11.3. The fourth-order valence-corrected chi connectivity index (χ4v) is 2.54. The zero-order valence-electron chi connectivity index (χ0n) is 13.0. The Balaban J connectivity index is 2.40. The number of ether oxygens (including phenoxy) is 3. The molecule has 126 valence electrons. The van der Waals surface area contributed by atoms with Crippen LogP contribution in [0.25, 0.3) is 11.3 Å². The van der Waals surface area contributed by atoms with E-state index >= 15 is 0 Å². The Labute approximate surface area is 134 Å². The average molecular weight is 342 g/mol. The van der Waals surface area contributed by atoms with E-state index in [1.165, 1.54) is 21.3 Å². The standard InChI is InChI=1S/C14H18N2O6S/c1-19-10-7-12(20-2)14(13(8-10)21-3)11-6-9(22-16-11)4-5-23(15,17)18/h6-8H,4-5H2,1-3H3,(H2,15,17,18). The fraction of sp³-hybridized carbons (Fsp3) is 0.357. The van der Waals surface area contributed by atoms with Gasteiger partial charge in [-0.15, -0.1) is 0 Å². The van der Waals surface area contributed by atoms with Crippen LogP contribution in [0.3, 0.4) is 0 Å². The SMILES string of the molecule is COc1cc(OC)c(-c2cc(CCS(N)(=O)=O)on2)c(OC)c1. The fourth-order valence-electron chi connectivity index (χ4n) is 2.05. The Kier molecular flexibility index (Phi) is 5.12. The molecule has 0 aliphatic heterocycles. The van der Waals surface area contributed by atoms with Gasteiger partial charge in [0.25, 0.3) is 0 Å². The third-order valence-electron chi connectivity index (χ3n) is 3.16. The van der Waals surface area contributed by atoms with Gasteiger partial charge in [-0.3, -0.25) is 0 Å². The van der Waals surface area contributed by atoms with Crippen molar-refractivity contribution in [3.8, 4) is 28.5 Å². The van der Waals surface area contributed by atoms with Gasteiger partial charge in [0.1, 0.15) is 28.7 Å². The first-order chi connectivity index (χ1) is 10.9. The van der Waals surface area contributed by atoms with Gasteiger partial charge in [-0.2, -0.15) is 0 Å². The van der Waals surface area contributed by atoms with Gasteiger partial charge in [0.15, 0.2) is 0 Å². The molecule has 0 spiro atoms. The number of nitrogens with two attached hydrogens (primary N) is 1. The lowest BCUT2D eigenvalue weighted by molar-refractivity contribution is 0.373. The van der Waals surface area contributed by atoms with Gasteiger partial charge < -0.3 is 18.7 Å². The lowest BCUT2D eigenvalue weighted by atomic mass is 10.1. The minimum absolute atomic E-state index is 0.132. The minimum atomic E-state index is -3.57. The maximum atomic E-state index is 11.0. The summed E-state index contributed by atoms with van der Waals surface area (Å²) in [5.41, 5.74) is 1.05. The number of sulfonamides is 1. The third-order valence-corrected chi connectivity index (χ3v) is 3.94. The second-order valence-electron chi connectivity index (χ2n) is 4.70. The van der Waals surface area contributed by atoms with Crippen molar-refractivity contribution in [2.45, 2.75) is 6.42 Å². The molecule has 1 aromatic carbocycles. The molecule has 0 radical (unpaired) electrons. The Bertz CT molecular complexity index is 759. The van der Waals surface area contributed by atoms with Gasteiger partial charge >= 0.3 is 0 Å². The van der Waals surface area contributed by atoms with Gasteiger partial charge in [-0.25, -0.2) is 13.6 Å². The van der Waals surface area contributed by atoms with Crippen molar-refractivity contribution >= 4 is 10.0 Å². The highest BCUT2D eigenvalue weighted by atomic mass is 32.2. The van der Waals surface area contributed by atoms with Gasteiger partial charge in [0.05, 0.1) is 32.6 Å². The van der Waals surface area contributed by atoms with Crippen LogP contribution in [0.1, 0.15) is 5.76 Å². The molecule has 0 aliphatic rings. The number of aryl methyl sites for hydroxylation is 1. The van der Waals surface area contributed by atoms with Crippen LogP contribution in [0.2, 0.25) is 0 Å². The molecule has 0 atom stereocenters. The molecule has 23 heavy (non-hydrogen) atoms. The van der Waals surface area contributed by atoms with Crippen LogP contribution < -0.4 is 19.3 Å². The van der Waals surface area contributed by atoms with Crippen molar-refractivity contribution in [3.05, 3.63) is 24.0 Å². The zero-order valence-corrected chi connectivity index (χ0v) is 13.8. The molecule has 1 heterocycles. The molecule has 8 nitrogen and oxygen atoms in total. The molecule has 0 bridgehead atoms. The van der Waals surface area contributed by atoms with E-state index in [-0.39, 0.29) is 12.2 Å². The molecule has 2 rings (SSSR count). The summed E-state index contributed by atoms with van der Waals surface area (Å²) in [6.45, 7) is 0. The van der Waals surface area contributed by atoms with Crippen molar-refractivity contribution in [2.75, 3.05) is 27.1 Å². The summed E-state index contributed by atoms with van der Waals surface area (Å²) < 4.78 is 43.1. The molecule has 9 heteroatoms. The summed E-state index contributed by atoms with van der Waals surface area (Å²) in [6, 6.07) is 5.01. The third kappa shape index (κ3) is 4.14. The van der Waals surface area contributed by atoms with E-state index in [2.05, 4.69) is 5.16 Å². The second-order valence-corrected chi connectivity index (χ2v) is 6.44. The number of methoxy groups -OCH3 is 3. The maximum absolute atomic E-state index is 11.0. The van der Waals surface area contributed by atoms with E-state index in [0.717, 1.165) is 0 Å². The highest BCUT2D eigenvalue weighted by Crippen LogP contribution is 2.41. The molecular formula is C14H18N2O6S. The van der Waals surface area contributed by atoms with E-state index in [0.29, 0.717) is 34.3 Å². The first-order valence-corrected chi connectivity index (χ1v) is 8.36. The van der Waals surface area contributed by atoms with Crippen molar-refractivity contribution in [2.24, 2.45) is 5.14 Å². The average Bonchev–Trinajstić information content (AvgIpc) is 2.99. The van der Waals surface area contributed by atoms with Crippen LogP contribution in [0.5, 0.6) is 17.2 Å². The quantitative estimate of drug-likeness (QED) is 0.804. The first kappa shape index (κ1) is 17.1. The van der Waals surface area contributed by atoms with Gasteiger partial charge in [0.2, 0.25) is 10.0 Å². The van der Waals surface area contributed by atoms with Crippen LogP contribution in [0.15, 0.2) is 22.7 Å². The Morgan fingerprint density at radius 1 is 1.09 bits per heavy atom. The molecule has 0 fully saturated rings. The highest BCUT2D eigenvalue weighted by molar-refractivity contribution is 7.89. The molecule has 2 N–H and O–H groups in total. The van der Waals surface area contributed by atoms with E-state index in [1.807, 2.05) is 0 Å². The number of aromatic nitrogens is 1. The van der Waals surface area contributed by atoms with E-state index in [4.69, 9.17) is 23.9 Å². The summed E-state index contributed by atoms with van der Waals surface area (Å²) >= 11 is 0. The summed E-state index contributed by atoms with van der Waals surface area (Å²) in [5.74, 6) is 1.73. The van der Waals surface area contributed by atoms with Crippen LogP contribution in [-0.2, 0) is 16.4 Å². The van der Waals surface area contributed by atoms with Crippen LogP contribution in [-0.4, -0.2) is 40.7 Å². The number of hydrogen-bond acceptors (Lipinski definition) is 7. The summed E-state index contributed by atoms with van der Waals surface area (Å²) in [5, 5.41) is 8.93. The first-order valence-electron chi connectivity index (χ1n) is 6.64. The van der Waals surface area contributed by atoms with Crippen molar-refractivity contribution in [1.29, 1.82) is 0 Å². The van der Waals surface area contributed by atoms with Crippen molar-refractivity contribution in [1.82, 2.24) is 5.16 Å². The summed E-state index contributed by atoms with van der Waals surface area (Å²) in [7, 11) is 0.998. The smallest absolute Gasteiger partial charge is 0.209 e. The molecule has 0 amide bonds. The van der Waals surface area contributed by atoms with Gasteiger partial charge in [-0.1, -0.05) is 5.16 Å². The number of primary sulfonamides is 1. The molecule has 0 saturated carbocycles.